The molecule has 36 heavy (non-hydrogen) atoms. The highest BCUT2D eigenvalue weighted by atomic mass is 35.5. The van der Waals surface area contributed by atoms with Gasteiger partial charge in [0.25, 0.3) is 5.91 Å². The molecule has 10 heteroatoms. The molecule has 4 aromatic rings. The molecule has 0 bridgehead atoms. The molecule has 2 aromatic heterocycles. The molecular weight excluding hydrogens is 500 g/mol. The number of carbonyl (C=O) groups is 1. The van der Waals surface area contributed by atoms with Crippen LogP contribution in [-0.4, -0.2) is 41.7 Å². The van der Waals surface area contributed by atoms with Crippen molar-refractivity contribution >= 4 is 34.0 Å². The lowest BCUT2D eigenvalue weighted by Crippen LogP contribution is -2.30. The standard InChI is InChI=1S/C26H25ClN4O4S/c1-15-23(24(30-35-15)19-6-4-5-7-20(19)27)25(32)29-26-28-18(14-36-26)13-31-9-8-16-10-21(33-2)22(34-3)11-17(16)12-31/h4-7,10-11,14H,8-9,12-13H2,1-3H3,(H,28,29,32). The van der Waals surface area contributed by atoms with Gasteiger partial charge >= 0.3 is 0 Å². The van der Waals surface area contributed by atoms with Gasteiger partial charge in [-0.2, -0.15) is 0 Å². The number of methoxy groups -OCH3 is 2. The molecule has 186 valence electrons. The monoisotopic (exact) mass is 524 g/mol. The number of thiazole rings is 1. The summed E-state index contributed by atoms with van der Waals surface area (Å²) in [4.78, 5) is 20.1. The lowest BCUT2D eigenvalue weighted by atomic mass is 9.98. The van der Waals surface area contributed by atoms with Gasteiger partial charge in [0.15, 0.2) is 16.6 Å². The predicted octanol–water partition coefficient (Wildman–Crippen LogP) is 5.59. The first-order chi connectivity index (χ1) is 17.5. The molecular formula is C26H25ClN4O4S. The highest BCUT2D eigenvalue weighted by Gasteiger charge is 2.24. The van der Waals surface area contributed by atoms with Crippen molar-refractivity contribution in [2.24, 2.45) is 0 Å². The maximum absolute atomic E-state index is 13.1. The van der Waals surface area contributed by atoms with E-state index in [2.05, 4.69) is 26.4 Å². The lowest BCUT2D eigenvalue weighted by molar-refractivity contribution is 0.102. The van der Waals surface area contributed by atoms with E-state index in [1.807, 2.05) is 23.6 Å². The predicted molar refractivity (Wildman–Crippen MR) is 139 cm³/mol. The summed E-state index contributed by atoms with van der Waals surface area (Å²) in [7, 11) is 3.30. The highest BCUT2D eigenvalue weighted by Crippen LogP contribution is 2.34. The Hall–Kier alpha value is -3.40. The Kier molecular flexibility index (Phi) is 6.95. The van der Waals surface area contributed by atoms with Gasteiger partial charge in [0.2, 0.25) is 0 Å². The first-order valence-electron chi connectivity index (χ1n) is 11.4. The summed E-state index contributed by atoms with van der Waals surface area (Å²) < 4.78 is 16.2. The van der Waals surface area contributed by atoms with Crippen molar-refractivity contribution in [1.82, 2.24) is 15.0 Å². The second kappa shape index (κ2) is 10.3. The second-order valence-corrected chi connectivity index (χ2v) is 9.74. The van der Waals surface area contributed by atoms with Gasteiger partial charge in [-0.25, -0.2) is 4.98 Å². The molecule has 0 saturated carbocycles. The molecule has 0 unspecified atom stereocenters. The van der Waals surface area contributed by atoms with Crippen LogP contribution < -0.4 is 14.8 Å². The average Bonchev–Trinajstić information content (AvgIpc) is 3.49. The Bertz CT molecular complexity index is 1420. The van der Waals surface area contributed by atoms with Crippen LogP contribution in [0.2, 0.25) is 5.02 Å². The van der Waals surface area contributed by atoms with Crippen molar-refractivity contribution in [2.75, 3.05) is 26.1 Å². The van der Waals surface area contributed by atoms with E-state index >= 15 is 0 Å². The molecule has 0 aliphatic carbocycles. The summed E-state index contributed by atoms with van der Waals surface area (Å²) in [6.45, 7) is 4.07. The number of anilines is 1. The van der Waals surface area contributed by atoms with Crippen LogP contribution in [0, 0.1) is 6.92 Å². The molecule has 0 spiro atoms. The zero-order valence-corrected chi connectivity index (χ0v) is 21.7. The smallest absolute Gasteiger partial charge is 0.263 e. The van der Waals surface area contributed by atoms with Crippen LogP contribution in [0.1, 0.15) is 32.9 Å². The number of halogens is 1. The van der Waals surface area contributed by atoms with E-state index in [1.54, 1.807) is 33.3 Å². The number of amides is 1. The summed E-state index contributed by atoms with van der Waals surface area (Å²) >= 11 is 7.71. The number of aromatic nitrogens is 2. The zero-order valence-electron chi connectivity index (χ0n) is 20.1. The van der Waals surface area contributed by atoms with Gasteiger partial charge in [-0.3, -0.25) is 15.0 Å². The highest BCUT2D eigenvalue weighted by molar-refractivity contribution is 7.14. The summed E-state index contributed by atoms with van der Waals surface area (Å²) in [5.41, 5.74) is 4.78. The van der Waals surface area contributed by atoms with E-state index in [9.17, 15) is 4.79 Å². The van der Waals surface area contributed by atoms with Gasteiger partial charge in [0, 0.05) is 30.6 Å². The molecule has 0 fully saturated rings. The molecule has 1 N–H and O–H groups in total. The molecule has 0 radical (unpaired) electrons. The molecule has 1 aliphatic heterocycles. The fourth-order valence-corrected chi connectivity index (χ4v) is 5.30. The third-order valence-electron chi connectivity index (χ3n) is 6.17. The molecule has 1 amide bonds. The van der Waals surface area contributed by atoms with E-state index in [0.717, 1.165) is 36.7 Å². The maximum Gasteiger partial charge on any atom is 0.263 e. The molecule has 0 saturated heterocycles. The fourth-order valence-electron chi connectivity index (χ4n) is 4.38. The number of rotatable bonds is 7. The van der Waals surface area contributed by atoms with Gasteiger partial charge in [0.1, 0.15) is 17.0 Å². The number of nitrogens with zero attached hydrogens (tertiary/aromatic N) is 3. The third kappa shape index (κ3) is 4.82. The van der Waals surface area contributed by atoms with E-state index < -0.39 is 0 Å². The largest absolute Gasteiger partial charge is 0.493 e. The number of hydrogen-bond donors (Lipinski definition) is 1. The fraction of sp³-hybridized carbons (Fsp3) is 0.269. The SMILES string of the molecule is COc1cc2c(cc1OC)CN(Cc1csc(NC(=O)c3c(-c4ccccc4Cl)noc3C)n1)CC2. The Morgan fingerprint density at radius 2 is 1.94 bits per heavy atom. The van der Waals surface area contributed by atoms with Gasteiger partial charge in [-0.1, -0.05) is 35.0 Å². The second-order valence-electron chi connectivity index (χ2n) is 8.48. The first-order valence-corrected chi connectivity index (χ1v) is 12.7. The van der Waals surface area contributed by atoms with Gasteiger partial charge in [-0.15, -0.1) is 11.3 Å². The van der Waals surface area contributed by atoms with Crippen molar-refractivity contribution in [3.63, 3.8) is 0 Å². The molecule has 8 nitrogen and oxygen atoms in total. The van der Waals surface area contributed by atoms with Gasteiger partial charge in [0.05, 0.1) is 24.9 Å². The van der Waals surface area contributed by atoms with Crippen LogP contribution in [0.25, 0.3) is 11.3 Å². The van der Waals surface area contributed by atoms with Gasteiger partial charge < -0.3 is 14.0 Å². The number of nitrogens with one attached hydrogen (secondary N) is 1. The van der Waals surface area contributed by atoms with Gasteiger partial charge in [-0.05, 0) is 42.7 Å². The Morgan fingerprint density at radius 1 is 1.19 bits per heavy atom. The number of fused-ring (bicyclic) bond motifs is 1. The quantitative estimate of drug-likeness (QED) is 0.337. The van der Waals surface area contributed by atoms with E-state index in [4.69, 9.17) is 25.6 Å². The Labute approximate surface area is 217 Å². The van der Waals surface area contributed by atoms with Crippen molar-refractivity contribution < 1.29 is 18.8 Å². The molecule has 2 aromatic carbocycles. The zero-order chi connectivity index (χ0) is 25.2. The summed E-state index contributed by atoms with van der Waals surface area (Å²) in [5, 5.41) is 9.95. The maximum atomic E-state index is 13.1. The van der Waals surface area contributed by atoms with Crippen molar-refractivity contribution in [3.05, 3.63) is 74.9 Å². The number of hydrogen-bond acceptors (Lipinski definition) is 8. The minimum atomic E-state index is -0.336. The topological polar surface area (TPSA) is 89.7 Å². The molecule has 5 rings (SSSR count). The van der Waals surface area contributed by atoms with Crippen LogP contribution in [0.3, 0.4) is 0 Å². The third-order valence-corrected chi connectivity index (χ3v) is 7.31. The van der Waals surface area contributed by atoms with Crippen LogP contribution in [0.15, 0.2) is 46.3 Å². The van der Waals surface area contributed by atoms with Crippen LogP contribution in [0.4, 0.5) is 5.13 Å². The van der Waals surface area contributed by atoms with E-state index in [-0.39, 0.29) is 5.91 Å². The van der Waals surface area contributed by atoms with Crippen LogP contribution in [0.5, 0.6) is 11.5 Å². The number of aryl methyl sites for hydroxylation is 1. The normalized spacial score (nSPS) is 13.3. The number of ether oxygens (including phenoxy) is 2. The Balaban J connectivity index is 1.28. The van der Waals surface area contributed by atoms with Crippen molar-refractivity contribution in [1.29, 1.82) is 0 Å². The summed E-state index contributed by atoms with van der Waals surface area (Å²) in [5.74, 6) is 1.57. The molecule has 0 atom stereocenters. The summed E-state index contributed by atoms with van der Waals surface area (Å²) in [6.07, 6.45) is 0.918. The number of benzene rings is 2. The average molecular weight is 525 g/mol. The van der Waals surface area contributed by atoms with E-state index in [1.165, 1.54) is 22.5 Å². The van der Waals surface area contributed by atoms with Crippen LogP contribution in [-0.2, 0) is 19.5 Å². The minimum Gasteiger partial charge on any atom is -0.493 e. The lowest BCUT2D eigenvalue weighted by Gasteiger charge is -2.29. The van der Waals surface area contributed by atoms with E-state index in [0.29, 0.717) is 39.3 Å². The summed E-state index contributed by atoms with van der Waals surface area (Å²) in [6, 6.07) is 11.3. The number of carbonyl (C=O) groups excluding carboxylic acids is 1. The molecule has 1 aliphatic rings. The minimum absolute atomic E-state index is 0.336. The molecule has 3 heterocycles. The Morgan fingerprint density at radius 3 is 2.69 bits per heavy atom. The van der Waals surface area contributed by atoms with Crippen LogP contribution >= 0.6 is 22.9 Å². The first kappa shape index (κ1) is 24.3. The van der Waals surface area contributed by atoms with Crippen molar-refractivity contribution in [2.45, 2.75) is 26.4 Å². The van der Waals surface area contributed by atoms with Crippen molar-refractivity contribution in [3.8, 4) is 22.8 Å².